The van der Waals surface area contributed by atoms with Crippen LogP contribution in [0.15, 0.2) is 70.9 Å². The molecule has 0 bridgehead atoms. The van der Waals surface area contributed by atoms with Gasteiger partial charge in [0.25, 0.3) is 0 Å². The summed E-state index contributed by atoms with van der Waals surface area (Å²) >= 11 is 4.99. The molecule has 0 aromatic heterocycles. The van der Waals surface area contributed by atoms with Gasteiger partial charge in [-0.2, -0.15) is 0 Å². The highest BCUT2D eigenvalue weighted by molar-refractivity contribution is 7.80. The third-order valence-electron chi connectivity index (χ3n) is 2.16. The smallest absolute Gasteiger partial charge is 0.229 e. The van der Waals surface area contributed by atoms with Gasteiger partial charge in [-0.25, -0.2) is 0 Å². The van der Waals surface area contributed by atoms with Gasteiger partial charge in [-0.15, -0.1) is 15.8 Å². The summed E-state index contributed by atoms with van der Waals surface area (Å²) in [7, 11) is 0. The highest BCUT2D eigenvalue weighted by Gasteiger charge is 1.92. The Morgan fingerprint density at radius 2 is 1.53 bits per heavy atom. The van der Waals surface area contributed by atoms with E-state index in [-0.39, 0.29) is 5.11 Å². The molecule has 5 nitrogen and oxygen atoms in total. The average Bonchev–Trinajstić information content (AvgIpc) is 2.47. The fraction of sp³-hybridized carbons (Fsp3) is 0. The van der Waals surface area contributed by atoms with Crippen molar-refractivity contribution in [2.75, 3.05) is 5.43 Å². The third kappa shape index (κ3) is 4.82. The molecular weight excluding hydrogens is 258 g/mol. The van der Waals surface area contributed by atoms with Crippen molar-refractivity contribution >= 4 is 28.7 Å². The van der Waals surface area contributed by atoms with E-state index in [0.29, 0.717) is 0 Å². The number of nitrogens with zero attached hydrogens (tertiary/aromatic N) is 2. The number of anilines is 1. The predicted molar refractivity (Wildman–Crippen MR) is 79.9 cm³/mol. The lowest BCUT2D eigenvalue weighted by molar-refractivity contribution is 0.754. The van der Waals surface area contributed by atoms with E-state index < -0.39 is 0 Å². The quantitative estimate of drug-likeness (QED) is 0.454. The van der Waals surface area contributed by atoms with Crippen molar-refractivity contribution in [3.63, 3.8) is 0 Å². The van der Waals surface area contributed by atoms with E-state index in [4.69, 9.17) is 12.2 Å². The Bertz CT molecular complexity index is 541. The molecule has 0 aliphatic heterocycles. The first kappa shape index (κ1) is 13.1. The molecule has 0 radical (unpaired) electrons. The van der Waals surface area contributed by atoms with E-state index in [1.165, 1.54) is 0 Å². The number of rotatable bonds is 4. The van der Waals surface area contributed by atoms with E-state index in [1.807, 2.05) is 60.7 Å². The molecule has 0 spiro atoms. The summed E-state index contributed by atoms with van der Waals surface area (Å²) in [6.45, 7) is 0. The van der Waals surface area contributed by atoms with Crippen LogP contribution in [0.1, 0.15) is 0 Å². The molecule has 3 N–H and O–H groups in total. The van der Waals surface area contributed by atoms with Crippen molar-refractivity contribution in [2.24, 2.45) is 10.2 Å². The zero-order valence-electron chi connectivity index (χ0n) is 10.1. The van der Waals surface area contributed by atoms with Gasteiger partial charge in [0.2, 0.25) is 5.11 Å². The van der Waals surface area contributed by atoms with Crippen molar-refractivity contribution in [3.05, 3.63) is 60.7 Å². The largest absolute Gasteiger partial charge is 0.304 e. The first-order valence-corrected chi connectivity index (χ1v) is 6.08. The highest BCUT2D eigenvalue weighted by Crippen LogP contribution is 2.09. The van der Waals surface area contributed by atoms with E-state index in [0.717, 1.165) is 11.4 Å². The zero-order chi connectivity index (χ0) is 13.3. The molecule has 0 fully saturated rings. The number of para-hydroxylation sites is 1. The Labute approximate surface area is 116 Å². The van der Waals surface area contributed by atoms with Gasteiger partial charge in [-0.3, -0.25) is 5.43 Å². The number of hydrogen-bond acceptors (Lipinski definition) is 4. The van der Waals surface area contributed by atoms with Gasteiger partial charge in [-0.1, -0.05) is 36.4 Å². The topological polar surface area (TPSA) is 60.8 Å². The maximum atomic E-state index is 4.99. The first-order chi connectivity index (χ1) is 9.34. The molecule has 0 aliphatic rings. The van der Waals surface area contributed by atoms with Gasteiger partial charge >= 0.3 is 0 Å². The number of nitrogens with one attached hydrogen (secondary N) is 3. The number of azo groups is 1. The first-order valence-electron chi connectivity index (χ1n) is 5.67. The van der Waals surface area contributed by atoms with E-state index in [1.54, 1.807) is 0 Å². The Morgan fingerprint density at radius 3 is 2.21 bits per heavy atom. The SMILES string of the molecule is S=C(N=Nc1ccccc1)NNNc1ccccc1. The van der Waals surface area contributed by atoms with Crippen LogP contribution in [-0.2, 0) is 0 Å². The molecule has 6 heteroatoms. The molecule has 2 aromatic rings. The lowest BCUT2D eigenvalue weighted by atomic mass is 10.3. The molecule has 0 unspecified atom stereocenters. The van der Waals surface area contributed by atoms with E-state index in [2.05, 4.69) is 26.6 Å². The molecule has 0 amide bonds. The number of hydrazine groups is 2. The minimum atomic E-state index is 0.243. The molecule has 0 saturated heterocycles. The van der Waals surface area contributed by atoms with Crippen molar-refractivity contribution in [1.29, 1.82) is 0 Å². The second kappa shape index (κ2) is 7.20. The van der Waals surface area contributed by atoms with Gasteiger partial charge < -0.3 is 5.43 Å². The Kier molecular flexibility index (Phi) is 4.97. The van der Waals surface area contributed by atoms with Gasteiger partial charge in [0.15, 0.2) is 0 Å². The molecule has 19 heavy (non-hydrogen) atoms. The fourth-order valence-corrected chi connectivity index (χ4v) is 1.39. The van der Waals surface area contributed by atoms with E-state index in [9.17, 15) is 0 Å². The van der Waals surface area contributed by atoms with Gasteiger partial charge in [0.1, 0.15) is 0 Å². The Balaban J connectivity index is 1.75. The minimum Gasteiger partial charge on any atom is -0.304 e. The van der Waals surface area contributed by atoms with Crippen LogP contribution in [0.25, 0.3) is 0 Å². The normalized spacial score (nSPS) is 10.3. The zero-order valence-corrected chi connectivity index (χ0v) is 10.9. The summed E-state index contributed by atoms with van der Waals surface area (Å²) in [4.78, 5) is 0. The molecule has 0 aliphatic carbocycles. The lowest BCUT2D eigenvalue weighted by Crippen LogP contribution is -2.39. The summed E-state index contributed by atoms with van der Waals surface area (Å²) in [6.07, 6.45) is 0. The van der Waals surface area contributed by atoms with Crippen molar-refractivity contribution in [2.45, 2.75) is 0 Å². The molecule has 0 atom stereocenters. The van der Waals surface area contributed by atoms with E-state index >= 15 is 0 Å². The molecule has 2 aromatic carbocycles. The molecular formula is C13H13N5S. The van der Waals surface area contributed by atoms with Gasteiger partial charge in [0.05, 0.1) is 11.4 Å². The summed E-state index contributed by atoms with van der Waals surface area (Å²) in [5, 5.41) is 8.10. The number of thiocarbonyl (C=S) groups is 1. The Morgan fingerprint density at radius 1 is 0.895 bits per heavy atom. The summed E-state index contributed by atoms with van der Waals surface area (Å²) in [6, 6.07) is 19.0. The number of hydrogen-bond donors (Lipinski definition) is 3. The lowest BCUT2D eigenvalue weighted by Gasteiger charge is -2.08. The van der Waals surface area contributed by atoms with Crippen LogP contribution in [0, 0.1) is 0 Å². The van der Waals surface area contributed by atoms with Crippen LogP contribution < -0.4 is 16.4 Å². The van der Waals surface area contributed by atoms with Crippen LogP contribution >= 0.6 is 12.2 Å². The van der Waals surface area contributed by atoms with Crippen LogP contribution in [-0.4, -0.2) is 5.11 Å². The predicted octanol–water partition coefficient (Wildman–Crippen LogP) is 3.18. The maximum Gasteiger partial charge on any atom is 0.229 e. The van der Waals surface area contributed by atoms with Crippen molar-refractivity contribution in [3.8, 4) is 0 Å². The Hall–Kier alpha value is -2.31. The third-order valence-corrected chi connectivity index (χ3v) is 2.35. The molecule has 0 heterocycles. The second-order valence-electron chi connectivity index (χ2n) is 3.58. The van der Waals surface area contributed by atoms with Crippen LogP contribution in [0.4, 0.5) is 11.4 Å². The average molecular weight is 271 g/mol. The van der Waals surface area contributed by atoms with Crippen molar-refractivity contribution in [1.82, 2.24) is 11.0 Å². The molecule has 2 rings (SSSR count). The molecule has 96 valence electrons. The van der Waals surface area contributed by atoms with Crippen LogP contribution in [0.3, 0.4) is 0 Å². The summed E-state index contributed by atoms with van der Waals surface area (Å²) in [5.41, 5.74) is 10.0. The maximum absolute atomic E-state index is 4.99. The summed E-state index contributed by atoms with van der Waals surface area (Å²) in [5.74, 6) is 0. The molecule has 0 saturated carbocycles. The van der Waals surface area contributed by atoms with Gasteiger partial charge in [-0.05, 0) is 36.5 Å². The number of benzene rings is 2. The van der Waals surface area contributed by atoms with Crippen LogP contribution in [0.5, 0.6) is 0 Å². The summed E-state index contributed by atoms with van der Waals surface area (Å²) < 4.78 is 0. The van der Waals surface area contributed by atoms with Crippen molar-refractivity contribution < 1.29 is 0 Å². The second-order valence-corrected chi connectivity index (χ2v) is 3.97. The highest BCUT2D eigenvalue weighted by atomic mass is 32.1. The minimum absolute atomic E-state index is 0.243. The van der Waals surface area contributed by atoms with Gasteiger partial charge in [0, 0.05) is 0 Å². The fourth-order valence-electron chi connectivity index (χ4n) is 1.30. The standard InChI is InChI=1S/C13H13N5S/c19-13(16-14-11-7-3-1-4-8-11)17-18-15-12-9-5-2-6-10-12/h1-10,15,18H,(H,17,19). The van der Waals surface area contributed by atoms with Crippen LogP contribution in [0.2, 0.25) is 0 Å². The monoisotopic (exact) mass is 271 g/mol.